The average Bonchev–Trinajstić information content (AvgIpc) is 2.83. The summed E-state index contributed by atoms with van der Waals surface area (Å²) in [5.74, 6) is -1.08. The van der Waals surface area contributed by atoms with E-state index in [1.54, 1.807) is 0 Å². The van der Waals surface area contributed by atoms with E-state index in [-0.39, 0.29) is 19.0 Å². The van der Waals surface area contributed by atoms with Gasteiger partial charge in [0.25, 0.3) is 6.10 Å². The highest BCUT2D eigenvalue weighted by Gasteiger charge is 2.60. The van der Waals surface area contributed by atoms with Crippen LogP contribution in [0.5, 0.6) is 0 Å². The number of likely N-dealkylation sites (tertiary alicyclic amines) is 2. The zero-order valence-corrected chi connectivity index (χ0v) is 21.3. The molecule has 0 spiro atoms. The topological polar surface area (TPSA) is 73.3 Å². The summed E-state index contributed by atoms with van der Waals surface area (Å²) in [5.41, 5.74) is 1.72. The van der Waals surface area contributed by atoms with E-state index in [0.717, 1.165) is 16.0 Å². The highest BCUT2D eigenvalue weighted by molar-refractivity contribution is 5.70. The van der Waals surface area contributed by atoms with Crippen molar-refractivity contribution in [1.29, 1.82) is 0 Å². The molecule has 38 heavy (non-hydrogen) atoms. The first kappa shape index (κ1) is 30.0. The van der Waals surface area contributed by atoms with Crippen LogP contribution in [0.15, 0.2) is 24.3 Å². The second kappa shape index (κ2) is 11.7. The highest BCUT2D eigenvalue weighted by atomic mass is 19.4. The molecule has 0 aliphatic carbocycles. The Balaban J connectivity index is 1.57. The molecule has 2 aliphatic rings. The van der Waals surface area contributed by atoms with Crippen molar-refractivity contribution in [3.05, 3.63) is 35.4 Å². The summed E-state index contributed by atoms with van der Waals surface area (Å²) in [6, 6.07) is 7.87. The molecule has 0 saturated carbocycles. The summed E-state index contributed by atoms with van der Waals surface area (Å²) in [6.45, 7) is 4.47. The van der Waals surface area contributed by atoms with Crippen LogP contribution in [0.2, 0.25) is 0 Å². The first-order valence-corrected chi connectivity index (χ1v) is 12.4. The molecule has 0 aromatic heterocycles. The molecule has 0 atom stereocenters. The van der Waals surface area contributed by atoms with Gasteiger partial charge in [0.1, 0.15) is 0 Å². The molecular weight excluding hydrogens is 520 g/mol. The van der Waals surface area contributed by atoms with Gasteiger partial charge in [0.05, 0.1) is 5.92 Å². The van der Waals surface area contributed by atoms with Gasteiger partial charge in [-0.05, 0) is 63.9 Å². The molecule has 1 amide bonds. The Morgan fingerprint density at radius 3 is 2.05 bits per heavy atom. The zero-order valence-electron chi connectivity index (χ0n) is 21.3. The molecule has 13 heteroatoms. The second-order valence-electron chi connectivity index (χ2n) is 10.3. The lowest BCUT2D eigenvalue weighted by atomic mass is 9.87. The number of rotatable bonds is 7. The standard InChI is InChI=1S/C25H33F6N3O4/c1-23(9-13-34(14-10-23)22(37)38-21(24(26,27)28)25(29,30)31)32(2)15-18-5-3-4-6-19(18)16-33-11-7-17(8-12-33)20(35)36/h3-6,17,21H,7-16H2,1-2H3,(H,35,36). The number of benzene rings is 1. The number of piperidine rings is 2. The van der Waals surface area contributed by atoms with Gasteiger partial charge in [-0.15, -0.1) is 0 Å². The lowest BCUT2D eigenvalue weighted by molar-refractivity contribution is -0.308. The van der Waals surface area contributed by atoms with Gasteiger partial charge in [0, 0.05) is 31.7 Å². The van der Waals surface area contributed by atoms with E-state index in [2.05, 4.69) is 14.5 Å². The minimum absolute atomic E-state index is 0.0394. The molecule has 2 aliphatic heterocycles. The Bertz CT molecular complexity index is 957. The number of carbonyl (C=O) groups excluding carboxylic acids is 1. The van der Waals surface area contributed by atoms with Gasteiger partial charge in [0.2, 0.25) is 0 Å². The summed E-state index contributed by atoms with van der Waals surface area (Å²) in [5, 5.41) is 9.21. The van der Waals surface area contributed by atoms with Crippen LogP contribution in [0.25, 0.3) is 0 Å². The molecule has 0 bridgehead atoms. The molecule has 0 unspecified atom stereocenters. The predicted octanol–water partition coefficient (Wildman–Crippen LogP) is 4.90. The summed E-state index contributed by atoms with van der Waals surface area (Å²) >= 11 is 0. The monoisotopic (exact) mass is 553 g/mol. The van der Waals surface area contributed by atoms with Crippen molar-refractivity contribution < 1.29 is 45.8 Å². The Morgan fingerprint density at radius 2 is 1.55 bits per heavy atom. The largest absolute Gasteiger partial charge is 0.481 e. The van der Waals surface area contributed by atoms with Gasteiger partial charge in [0.15, 0.2) is 0 Å². The fourth-order valence-corrected chi connectivity index (χ4v) is 4.94. The number of carboxylic acids is 1. The number of ether oxygens (including phenoxy) is 1. The Kier molecular flexibility index (Phi) is 9.23. The highest BCUT2D eigenvalue weighted by Crippen LogP contribution is 2.37. The molecule has 0 radical (unpaired) electrons. The number of carboxylic acid groups (broad SMARTS) is 1. The Hall–Kier alpha value is -2.54. The molecule has 1 aromatic rings. The molecular formula is C25H33F6N3O4. The van der Waals surface area contributed by atoms with Crippen molar-refractivity contribution in [2.45, 2.75) is 69.7 Å². The maximum absolute atomic E-state index is 12.8. The number of carbonyl (C=O) groups is 2. The second-order valence-corrected chi connectivity index (χ2v) is 10.3. The van der Waals surface area contributed by atoms with E-state index >= 15 is 0 Å². The van der Waals surface area contributed by atoms with Crippen LogP contribution in [0.3, 0.4) is 0 Å². The Labute approximate surface area is 217 Å². The third-order valence-electron chi connectivity index (χ3n) is 7.69. The van der Waals surface area contributed by atoms with Crippen LogP contribution in [0, 0.1) is 5.92 Å². The first-order valence-electron chi connectivity index (χ1n) is 12.4. The number of alkyl halides is 6. The van der Waals surface area contributed by atoms with Crippen LogP contribution >= 0.6 is 0 Å². The third kappa shape index (κ3) is 7.52. The van der Waals surface area contributed by atoms with Gasteiger partial charge in [-0.2, -0.15) is 26.3 Å². The number of hydrogen-bond donors (Lipinski definition) is 1. The zero-order chi connectivity index (χ0) is 28.3. The molecule has 214 valence electrons. The Morgan fingerprint density at radius 1 is 1.03 bits per heavy atom. The predicted molar refractivity (Wildman–Crippen MR) is 125 cm³/mol. The van der Waals surface area contributed by atoms with Crippen molar-refractivity contribution in [3.63, 3.8) is 0 Å². The molecule has 1 aromatic carbocycles. The molecule has 2 saturated heterocycles. The number of amides is 1. The van der Waals surface area contributed by atoms with Gasteiger partial charge < -0.3 is 14.7 Å². The third-order valence-corrected chi connectivity index (χ3v) is 7.69. The maximum atomic E-state index is 12.8. The number of halogens is 6. The average molecular weight is 554 g/mol. The van der Waals surface area contributed by atoms with Crippen molar-refractivity contribution in [1.82, 2.24) is 14.7 Å². The summed E-state index contributed by atoms with van der Waals surface area (Å²) in [6.07, 6.45) is -15.4. The fraction of sp³-hybridized carbons (Fsp3) is 0.680. The van der Waals surface area contributed by atoms with Crippen LogP contribution in [0.1, 0.15) is 43.7 Å². The molecule has 2 heterocycles. The SMILES string of the molecule is CN(Cc1ccccc1CN1CCC(C(=O)O)CC1)C1(C)CCN(C(=O)OC(C(F)(F)F)C(F)(F)F)CC1. The van der Waals surface area contributed by atoms with Crippen LogP contribution in [-0.2, 0) is 22.6 Å². The number of hydrogen-bond acceptors (Lipinski definition) is 5. The minimum Gasteiger partial charge on any atom is -0.481 e. The lowest BCUT2D eigenvalue weighted by Gasteiger charge is -2.45. The van der Waals surface area contributed by atoms with Crippen molar-refractivity contribution in [3.8, 4) is 0 Å². The van der Waals surface area contributed by atoms with Crippen molar-refractivity contribution in [2.75, 3.05) is 33.2 Å². The van der Waals surface area contributed by atoms with E-state index in [1.165, 1.54) is 0 Å². The smallest absolute Gasteiger partial charge is 0.434 e. The van der Waals surface area contributed by atoms with Gasteiger partial charge in [-0.1, -0.05) is 24.3 Å². The van der Waals surface area contributed by atoms with Crippen LogP contribution < -0.4 is 0 Å². The van der Waals surface area contributed by atoms with Crippen LogP contribution in [0.4, 0.5) is 31.1 Å². The van der Waals surface area contributed by atoms with Gasteiger partial charge >= 0.3 is 24.4 Å². The van der Waals surface area contributed by atoms with E-state index in [0.29, 0.717) is 51.9 Å². The van der Waals surface area contributed by atoms with Crippen molar-refractivity contribution in [2.24, 2.45) is 5.92 Å². The van der Waals surface area contributed by atoms with Crippen LogP contribution in [-0.4, -0.2) is 89.1 Å². The molecule has 3 rings (SSSR count). The molecule has 2 fully saturated rings. The fourth-order valence-electron chi connectivity index (χ4n) is 4.94. The number of nitrogens with zero attached hydrogens (tertiary/aromatic N) is 3. The van der Waals surface area contributed by atoms with Gasteiger partial charge in [-0.25, -0.2) is 4.79 Å². The maximum Gasteiger partial charge on any atom is 0.434 e. The summed E-state index contributed by atoms with van der Waals surface area (Å²) in [4.78, 5) is 28.5. The quantitative estimate of drug-likeness (QED) is 0.485. The normalized spacial score (nSPS) is 19.7. The lowest BCUT2D eigenvalue weighted by Crippen LogP contribution is -2.54. The number of aliphatic carboxylic acids is 1. The van der Waals surface area contributed by atoms with E-state index in [9.17, 15) is 41.0 Å². The minimum atomic E-state index is -5.75. The molecule has 7 nitrogen and oxygen atoms in total. The van der Waals surface area contributed by atoms with Crippen molar-refractivity contribution >= 4 is 12.1 Å². The first-order chi connectivity index (χ1) is 17.6. The molecule has 1 N–H and O–H groups in total. The van der Waals surface area contributed by atoms with E-state index < -0.39 is 36.1 Å². The van der Waals surface area contributed by atoms with E-state index in [1.807, 2.05) is 38.2 Å². The van der Waals surface area contributed by atoms with E-state index in [4.69, 9.17) is 0 Å². The summed E-state index contributed by atoms with van der Waals surface area (Å²) in [7, 11) is 1.90. The summed E-state index contributed by atoms with van der Waals surface area (Å²) < 4.78 is 80.4. The van der Waals surface area contributed by atoms with Gasteiger partial charge in [-0.3, -0.25) is 14.6 Å².